The van der Waals surface area contributed by atoms with Crippen molar-refractivity contribution in [1.82, 2.24) is 29.4 Å². The number of amides is 1. The standard InChI is InChI=1S/C24H27F3N8O2/c1-32-4-6-33(7-5-32)23(36)14-8-19-22(34-12-15-2-3-16(13-34)37-15)30-21(31-35(19)11-14)17-10-29-20(28)9-18(17)24(25,26)27/h8-11,15-16H,2-7,12-13H2,1H3,(H2,28,29). The van der Waals surface area contributed by atoms with Crippen LogP contribution in [0.5, 0.6) is 0 Å². The first-order valence-corrected chi connectivity index (χ1v) is 12.3. The van der Waals surface area contributed by atoms with Crippen molar-refractivity contribution >= 4 is 23.1 Å². The summed E-state index contributed by atoms with van der Waals surface area (Å²) >= 11 is 0. The first-order valence-electron chi connectivity index (χ1n) is 12.3. The zero-order chi connectivity index (χ0) is 25.9. The molecule has 13 heteroatoms. The number of morpholine rings is 1. The number of rotatable bonds is 3. The van der Waals surface area contributed by atoms with Crippen LogP contribution < -0.4 is 10.6 Å². The van der Waals surface area contributed by atoms with E-state index in [4.69, 9.17) is 10.5 Å². The molecule has 1 amide bonds. The van der Waals surface area contributed by atoms with Crippen molar-refractivity contribution in [2.24, 2.45) is 0 Å². The molecule has 37 heavy (non-hydrogen) atoms. The molecule has 0 spiro atoms. The molecule has 0 saturated carbocycles. The Morgan fingerprint density at radius 1 is 1.11 bits per heavy atom. The number of ether oxygens (including phenoxy) is 1. The van der Waals surface area contributed by atoms with Crippen LogP contribution >= 0.6 is 0 Å². The van der Waals surface area contributed by atoms with Crippen LogP contribution in [-0.2, 0) is 10.9 Å². The highest BCUT2D eigenvalue weighted by atomic mass is 19.4. The van der Waals surface area contributed by atoms with Gasteiger partial charge < -0.3 is 25.2 Å². The van der Waals surface area contributed by atoms with Crippen molar-refractivity contribution in [2.45, 2.75) is 31.2 Å². The van der Waals surface area contributed by atoms with E-state index in [-0.39, 0.29) is 35.3 Å². The number of piperazine rings is 1. The Kier molecular flexibility index (Phi) is 5.71. The summed E-state index contributed by atoms with van der Waals surface area (Å²) in [7, 11) is 2.01. The molecule has 3 aromatic heterocycles. The minimum atomic E-state index is -4.68. The SMILES string of the molecule is CN1CCN(C(=O)c2cc3c(N4CC5CCC(C4)O5)nc(-c4cnc(N)cc4C(F)(F)F)nn3c2)CC1. The fourth-order valence-corrected chi connectivity index (χ4v) is 5.31. The molecule has 2 N–H and O–H groups in total. The van der Waals surface area contributed by atoms with Crippen LogP contribution in [-0.4, -0.2) is 93.8 Å². The Labute approximate surface area is 210 Å². The normalized spacial score (nSPS) is 22.7. The van der Waals surface area contributed by atoms with Crippen molar-refractivity contribution in [3.8, 4) is 11.4 Å². The quantitative estimate of drug-likeness (QED) is 0.565. The molecule has 3 aliphatic rings. The predicted octanol–water partition coefficient (Wildman–Crippen LogP) is 2.15. The molecule has 10 nitrogen and oxygen atoms in total. The molecule has 0 radical (unpaired) electrons. The van der Waals surface area contributed by atoms with Gasteiger partial charge in [0, 0.05) is 51.7 Å². The number of likely N-dealkylation sites (N-methyl/N-ethyl adjacent to an activating group) is 1. The Bertz CT molecular complexity index is 1340. The number of alkyl halides is 3. The zero-order valence-corrected chi connectivity index (χ0v) is 20.3. The third-order valence-corrected chi connectivity index (χ3v) is 7.30. The van der Waals surface area contributed by atoms with Crippen LogP contribution in [0.2, 0.25) is 0 Å². The Morgan fingerprint density at radius 2 is 1.81 bits per heavy atom. The summed E-state index contributed by atoms with van der Waals surface area (Å²) in [5.41, 5.74) is 5.30. The topological polar surface area (TPSA) is 105 Å². The average molecular weight is 517 g/mol. The lowest BCUT2D eigenvalue weighted by atomic mass is 10.1. The number of hydrogen-bond acceptors (Lipinski definition) is 8. The number of pyridine rings is 1. The van der Waals surface area contributed by atoms with Gasteiger partial charge >= 0.3 is 6.18 Å². The second-order valence-corrected chi connectivity index (χ2v) is 9.93. The first-order chi connectivity index (χ1) is 17.7. The lowest BCUT2D eigenvalue weighted by Gasteiger charge is -2.33. The van der Waals surface area contributed by atoms with Crippen molar-refractivity contribution in [1.29, 1.82) is 0 Å². The second-order valence-electron chi connectivity index (χ2n) is 9.93. The minimum absolute atomic E-state index is 0.0301. The summed E-state index contributed by atoms with van der Waals surface area (Å²) in [6, 6.07) is 2.51. The molecule has 3 aromatic rings. The molecule has 0 aromatic carbocycles. The molecule has 2 atom stereocenters. The highest BCUT2D eigenvalue weighted by Crippen LogP contribution is 2.38. The van der Waals surface area contributed by atoms with Gasteiger partial charge in [0.25, 0.3) is 5.91 Å². The van der Waals surface area contributed by atoms with Gasteiger partial charge in [-0.3, -0.25) is 4.79 Å². The maximum absolute atomic E-state index is 13.9. The molecule has 6 heterocycles. The van der Waals surface area contributed by atoms with Gasteiger partial charge in [0.15, 0.2) is 11.6 Å². The van der Waals surface area contributed by atoms with E-state index in [0.717, 1.165) is 38.2 Å². The lowest BCUT2D eigenvalue weighted by Crippen LogP contribution is -2.47. The van der Waals surface area contributed by atoms with Gasteiger partial charge in [0.1, 0.15) is 11.3 Å². The third kappa shape index (κ3) is 4.46. The number of carbonyl (C=O) groups excluding carboxylic acids is 1. The van der Waals surface area contributed by atoms with Crippen molar-refractivity contribution in [3.05, 3.63) is 35.7 Å². The predicted molar refractivity (Wildman–Crippen MR) is 129 cm³/mol. The number of hydrogen-bond donors (Lipinski definition) is 1. The van der Waals surface area contributed by atoms with E-state index in [1.807, 2.05) is 11.9 Å². The molecule has 3 aliphatic heterocycles. The monoisotopic (exact) mass is 516 g/mol. The van der Waals surface area contributed by atoms with Gasteiger partial charge in [-0.2, -0.15) is 13.2 Å². The number of nitrogens with zero attached hydrogens (tertiary/aromatic N) is 7. The summed E-state index contributed by atoms with van der Waals surface area (Å²) in [6.07, 6.45) is -0.163. The highest BCUT2D eigenvalue weighted by molar-refractivity contribution is 5.96. The van der Waals surface area contributed by atoms with Crippen LogP contribution in [0, 0.1) is 0 Å². The van der Waals surface area contributed by atoms with E-state index in [1.165, 1.54) is 4.52 Å². The maximum atomic E-state index is 13.9. The van der Waals surface area contributed by atoms with Crippen LogP contribution in [0.15, 0.2) is 24.5 Å². The molecule has 6 rings (SSSR count). The van der Waals surface area contributed by atoms with Crippen molar-refractivity contribution < 1.29 is 22.7 Å². The summed E-state index contributed by atoms with van der Waals surface area (Å²) in [5, 5.41) is 4.41. The second kappa shape index (κ2) is 8.84. The first kappa shape index (κ1) is 23.9. The molecule has 3 saturated heterocycles. The molecule has 2 unspecified atom stereocenters. The molecule has 0 aliphatic carbocycles. The van der Waals surface area contributed by atoms with E-state index in [1.54, 1.807) is 17.2 Å². The van der Waals surface area contributed by atoms with E-state index < -0.39 is 11.7 Å². The lowest BCUT2D eigenvalue weighted by molar-refractivity contribution is -0.137. The van der Waals surface area contributed by atoms with Gasteiger partial charge in [0.05, 0.1) is 28.9 Å². The number of fused-ring (bicyclic) bond motifs is 3. The van der Waals surface area contributed by atoms with E-state index in [9.17, 15) is 18.0 Å². The number of carbonyl (C=O) groups is 1. The fourth-order valence-electron chi connectivity index (χ4n) is 5.31. The average Bonchev–Trinajstić information content (AvgIpc) is 3.45. The highest BCUT2D eigenvalue weighted by Gasteiger charge is 2.38. The Hall–Kier alpha value is -3.45. The molecule has 196 valence electrons. The number of halogens is 3. The van der Waals surface area contributed by atoms with Crippen LogP contribution in [0.3, 0.4) is 0 Å². The van der Waals surface area contributed by atoms with E-state index in [2.05, 4.69) is 20.0 Å². The van der Waals surface area contributed by atoms with Gasteiger partial charge in [-0.15, -0.1) is 5.10 Å². The fraction of sp³-hybridized carbons (Fsp3) is 0.500. The zero-order valence-electron chi connectivity index (χ0n) is 20.3. The van der Waals surface area contributed by atoms with Crippen molar-refractivity contribution in [3.63, 3.8) is 0 Å². The molecular weight excluding hydrogens is 489 g/mol. The van der Waals surface area contributed by atoms with Gasteiger partial charge in [-0.25, -0.2) is 14.5 Å². The summed E-state index contributed by atoms with van der Waals surface area (Å²) in [4.78, 5) is 27.7. The van der Waals surface area contributed by atoms with E-state index in [0.29, 0.717) is 43.1 Å². The largest absolute Gasteiger partial charge is 0.417 e. The molecule has 3 fully saturated rings. The maximum Gasteiger partial charge on any atom is 0.417 e. The third-order valence-electron chi connectivity index (χ3n) is 7.30. The van der Waals surface area contributed by atoms with Gasteiger partial charge in [-0.1, -0.05) is 0 Å². The Balaban J connectivity index is 1.47. The van der Waals surface area contributed by atoms with Gasteiger partial charge in [-0.05, 0) is 32.0 Å². The van der Waals surface area contributed by atoms with E-state index >= 15 is 0 Å². The molecular formula is C24H27F3N8O2. The number of nitrogen functional groups attached to an aromatic ring is 1. The number of nitrogens with two attached hydrogens (primary N) is 1. The van der Waals surface area contributed by atoms with Crippen LogP contribution in [0.1, 0.15) is 28.8 Å². The summed E-state index contributed by atoms with van der Waals surface area (Å²) < 4.78 is 49.1. The van der Waals surface area contributed by atoms with Crippen LogP contribution in [0.25, 0.3) is 16.9 Å². The van der Waals surface area contributed by atoms with Gasteiger partial charge in [0.2, 0.25) is 0 Å². The van der Waals surface area contributed by atoms with Crippen LogP contribution in [0.4, 0.5) is 24.8 Å². The van der Waals surface area contributed by atoms with Crippen molar-refractivity contribution in [2.75, 3.05) is 56.9 Å². The Morgan fingerprint density at radius 3 is 2.49 bits per heavy atom. The number of anilines is 2. The molecule has 2 bridgehead atoms. The summed E-state index contributed by atoms with van der Waals surface area (Å²) in [5.74, 6) is -0.0654. The summed E-state index contributed by atoms with van der Waals surface area (Å²) in [6.45, 7) is 3.86. The smallest absolute Gasteiger partial charge is 0.384 e. The minimum Gasteiger partial charge on any atom is -0.384 e. The number of aromatic nitrogens is 4.